The van der Waals surface area contributed by atoms with Crippen molar-refractivity contribution < 1.29 is 18.4 Å². The molecule has 2 aliphatic rings. The molecule has 6 rings (SSSR count). The fraction of sp³-hybridized carbons (Fsp3) is 0.265. The SMILES string of the molecule is O=C(c1cc(-c2ccccc2)nc(-c2ccccc2)c1)N1CCN(C2CCN(C(=O)c3cccc(F)c3F)CC2)CC1. The van der Waals surface area contributed by atoms with E-state index in [1.807, 2.05) is 77.7 Å². The normalized spacial score (nSPS) is 16.4. The van der Waals surface area contributed by atoms with Crippen LogP contribution in [0.25, 0.3) is 22.5 Å². The number of hydrogen-bond acceptors (Lipinski definition) is 4. The summed E-state index contributed by atoms with van der Waals surface area (Å²) < 4.78 is 27.8. The molecule has 8 heteroatoms. The summed E-state index contributed by atoms with van der Waals surface area (Å²) >= 11 is 0. The Balaban J connectivity index is 1.10. The molecule has 0 bridgehead atoms. The summed E-state index contributed by atoms with van der Waals surface area (Å²) in [5.74, 6) is -2.58. The first-order valence-electron chi connectivity index (χ1n) is 14.4. The van der Waals surface area contributed by atoms with Gasteiger partial charge in [-0.15, -0.1) is 0 Å². The van der Waals surface area contributed by atoms with Gasteiger partial charge in [-0.05, 0) is 37.1 Å². The summed E-state index contributed by atoms with van der Waals surface area (Å²) in [6.07, 6.45) is 1.50. The summed E-state index contributed by atoms with van der Waals surface area (Å²) in [5.41, 5.74) is 3.84. The van der Waals surface area contributed by atoms with Crippen molar-refractivity contribution in [2.24, 2.45) is 0 Å². The van der Waals surface area contributed by atoms with Crippen LogP contribution in [0.4, 0.5) is 8.78 Å². The number of amides is 2. The number of pyridine rings is 1. The van der Waals surface area contributed by atoms with Crippen LogP contribution >= 0.6 is 0 Å². The summed E-state index contributed by atoms with van der Waals surface area (Å²) in [6.45, 7) is 3.67. The number of hydrogen-bond donors (Lipinski definition) is 0. The van der Waals surface area contributed by atoms with Crippen molar-refractivity contribution in [2.45, 2.75) is 18.9 Å². The summed E-state index contributed by atoms with van der Waals surface area (Å²) in [6, 6.07) is 27.5. The van der Waals surface area contributed by atoms with Gasteiger partial charge >= 0.3 is 0 Å². The third-order valence-corrected chi connectivity index (χ3v) is 8.26. The number of nitrogens with zero attached hydrogens (tertiary/aromatic N) is 4. The predicted molar refractivity (Wildman–Crippen MR) is 158 cm³/mol. The third-order valence-electron chi connectivity index (χ3n) is 8.26. The van der Waals surface area contributed by atoms with Crippen molar-refractivity contribution in [3.63, 3.8) is 0 Å². The van der Waals surface area contributed by atoms with Gasteiger partial charge in [0.25, 0.3) is 11.8 Å². The molecule has 0 radical (unpaired) electrons. The number of benzene rings is 3. The second-order valence-corrected chi connectivity index (χ2v) is 10.8. The molecule has 214 valence electrons. The van der Waals surface area contributed by atoms with E-state index in [2.05, 4.69) is 4.90 Å². The molecule has 2 fully saturated rings. The van der Waals surface area contributed by atoms with E-state index in [4.69, 9.17) is 4.98 Å². The Morgan fingerprint density at radius 3 is 1.76 bits per heavy atom. The van der Waals surface area contributed by atoms with Gasteiger partial charge in [-0.25, -0.2) is 13.8 Å². The molecule has 0 saturated carbocycles. The smallest absolute Gasteiger partial charge is 0.256 e. The van der Waals surface area contributed by atoms with Crippen LogP contribution in [-0.2, 0) is 0 Å². The summed E-state index contributed by atoms with van der Waals surface area (Å²) in [5, 5.41) is 0. The maximum Gasteiger partial charge on any atom is 0.256 e. The molecule has 2 aliphatic heterocycles. The molecule has 0 atom stereocenters. The number of aromatic nitrogens is 1. The van der Waals surface area contributed by atoms with Crippen LogP contribution in [0.1, 0.15) is 33.6 Å². The number of piperazine rings is 1. The van der Waals surface area contributed by atoms with E-state index in [-0.39, 0.29) is 17.5 Å². The minimum Gasteiger partial charge on any atom is -0.338 e. The highest BCUT2D eigenvalue weighted by atomic mass is 19.2. The second kappa shape index (κ2) is 12.2. The van der Waals surface area contributed by atoms with Gasteiger partial charge in [0.2, 0.25) is 0 Å². The van der Waals surface area contributed by atoms with Crippen LogP contribution in [0.3, 0.4) is 0 Å². The molecule has 2 amide bonds. The van der Waals surface area contributed by atoms with Gasteiger partial charge in [-0.2, -0.15) is 0 Å². The van der Waals surface area contributed by atoms with Crippen molar-refractivity contribution in [3.05, 3.63) is 114 Å². The van der Waals surface area contributed by atoms with E-state index in [0.29, 0.717) is 31.7 Å². The second-order valence-electron chi connectivity index (χ2n) is 10.8. The minimum absolute atomic E-state index is 0.0102. The van der Waals surface area contributed by atoms with Gasteiger partial charge in [0, 0.05) is 62.0 Å². The molecule has 42 heavy (non-hydrogen) atoms. The zero-order chi connectivity index (χ0) is 29.1. The highest BCUT2D eigenvalue weighted by molar-refractivity contribution is 5.96. The lowest BCUT2D eigenvalue weighted by Crippen LogP contribution is -2.54. The molecule has 6 nitrogen and oxygen atoms in total. The number of halogens is 2. The van der Waals surface area contributed by atoms with E-state index < -0.39 is 17.5 Å². The topological polar surface area (TPSA) is 56.8 Å². The molecule has 0 unspecified atom stereocenters. The van der Waals surface area contributed by atoms with Crippen molar-refractivity contribution in [1.82, 2.24) is 19.7 Å². The van der Waals surface area contributed by atoms with E-state index in [0.717, 1.165) is 54.5 Å². The maximum absolute atomic E-state index is 14.1. The Hall–Kier alpha value is -4.43. The fourth-order valence-corrected chi connectivity index (χ4v) is 5.91. The van der Waals surface area contributed by atoms with Gasteiger partial charge in [0.1, 0.15) is 0 Å². The molecule has 0 aliphatic carbocycles. The zero-order valence-electron chi connectivity index (χ0n) is 23.3. The number of likely N-dealkylation sites (tertiary alicyclic amines) is 1. The van der Waals surface area contributed by atoms with Gasteiger partial charge in [0.05, 0.1) is 17.0 Å². The van der Waals surface area contributed by atoms with Gasteiger partial charge in [0.15, 0.2) is 11.6 Å². The zero-order valence-corrected chi connectivity index (χ0v) is 23.3. The lowest BCUT2D eigenvalue weighted by molar-refractivity contribution is 0.0410. The molecule has 2 saturated heterocycles. The van der Waals surface area contributed by atoms with Crippen molar-refractivity contribution >= 4 is 11.8 Å². The van der Waals surface area contributed by atoms with Crippen LogP contribution in [0, 0.1) is 11.6 Å². The van der Waals surface area contributed by atoms with Crippen LogP contribution < -0.4 is 0 Å². The first-order valence-corrected chi connectivity index (χ1v) is 14.4. The van der Waals surface area contributed by atoms with Crippen molar-refractivity contribution in [1.29, 1.82) is 0 Å². The number of piperidine rings is 1. The third kappa shape index (κ3) is 5.81. The van der Waals surface area contributed by atoms with E-state index in [1.54, 1.807) is 4.90 Å². The molecule has 0 N–H and O–H groups in total. The molecular weight excluding hydrogens is 534 g/mol. The first-order chi connectivity index (χ1) is 20.5. The monoisotopic (exact) mass is 566 g/mol. The Morgan fingerprint density at radius 2 is 1.19 bits per heavy atom. The van der Waals surface area contributed by atoms with Crippen LogP contribution in [0.5, 0.6) is 0 Å². The lowest BCUT2D eigenvalue weighted by Gasteiger charge is -2.42. The highest BCUT2D eigenvalue weighted by Crippen LogP contribution is 2.27. The van der Waals surface area contributed by atoms with Crippen LogP contribution in [0.15, 0.2) is 91.0 Å². The van der Waals surface area contributed by atoms with Crippen LogP contribution in [-0.4, -0.2) is 76.8 Å². The number of carbonyl (C=O) groups excluding carboxylic acids is 2. The number of carbonyl (C=O) groups is 2. The Kier molecular flexibility index (Phi) is 8.06. The standard InChI is InChI=1S/C34H32F2N4O2/c35-29-13-7-12-28(32(29)36)34(42)39-16-14-27(15-17-39)38-18-20-40(21-19-38)33(41)26-22-30(24-8-3-1-4-9-24)37-31(23-26)25-10-5-2-6-11-25/h1-13,22-23,27H,14-21H2. The summed E-state index contributed by atoms with van der Waals surface area (Å²) in [4.78, 5) is 37.3. The fourth-order valence-electron chi connectivity index (χ4n) is 5.91. The molecule has 3 heterocycles. The Bertz CT molecular complexity index is 1510. The summed E-state index contributed by atoms with van der Waals surface area (Å²) in [7, 11) is 0. The molecule has 3 aromatic carbocycles. The Labute approximate surface area is 244 Å². The predicted octanol–water partition coefficient (Wildman–Crippen LogP) is 5.76. The minimum atomic E-state index is -1.09. The molecule has 1 aromatic heterocycles. The highest BCUT2D eigenvalue weighted by Gasteiger charge is 2.32. The number of rotatable bonds is 5. The maximum atomic E-state index is 14.1. The molecule has 4 aromatic rings. The first kappa shape index (κ1) is 27.7. The average molecular weight is 567 g/mol. The average Bonchev–Trinajstić information content (AvgIpc) is 3.06. The molecule has 0 spiro atoms. The van der Waals surface area contributed by atoms with Crippen LogP contribution in [0.2, 0.25) is 0 Å². The van der Waals surface area contributed by atoms with E-state index in [9.17, 15) is 18.4 Å². The van der Waals surface area contributed by atoms with Gasteiger partial charge in [-0.3, -0.25) is 14.5 Å². The van der Waals surface area contributed by atoms with Crippen molar-refractivity contribution in [2.75, 3.05) is 39.3 Å². The van der Waals surface area contributed by atoms with E-state index in [1.165, 1.54) is 12.1 Å². The van der Waals surface area contributed by atoms with Gasteiger partial charge < -0.3 is 9.80 Å². The lowest BCUT2D eigenvalue weighted by atomic mass is 10.0. The quantitative estimate of drug-likeness (QED) is 0.309. The largest absolute Gasteiger partial charge is 0.338 e. The van der Waals surface area contributed by atoms with E-state index >= 15 is 0 Å². The van der Waals surface area contributed by atoms with Gasteiger partial charge in [-0.1, -0.05) is 66.7 Å². The van der Waals surface area contributed by atoms with Crippen molar-refractivity contribution in [3.8, 4) is 22.5 Å². The Morgan fingerprint density at radius 1 is 0.643 bits per heavy atom. The molecular formula is C34H32F2N4O2.